The minimum Gasteiger partial charge on any atom is -0.493 e. The summed E-state index contributed by atoms with van der Waals surface area (Å²) >= 11 is 0. The van der Waals surface area contributed by atoms with E-state index in [1.165, 1.54) is 7.11 Å². The Bertz CT molecular complexity index is 655. The van der Waals surface area contributed by atoms with Gasteiger partial charge in [0.1, 0.15) is 0 Å². The summed E-state index contributed by atoms with van der Waals surface area (Å²) in [5, 5.41) is 9.48. The Hall–Kier alpha value is -2.53. The molecule has 0 aliphatic rings. The standard InChI is InChI=1S/C18H21NO4/c1-12(19)10-13-8-9-15(22-2)16(11-13)23-17(18(20)21)14-6-4-3-5-7-14/h3-9,11-12,17H,10,19H2,1-2H3,(H,20,21). The lowest BCUT2D eigenvalue weighted by Crippen LogP contribution is -2.19. The van der Waals surface area contributed by atoms with Gasteiger partial charge in [0, 0.05) is 11.6 Å². The van der Waals surface area contributed by atoms with E-state index in [-0.39, 0.29) is 6.04 Å². The second-order valence-corrected chi connectivity index (χ2v) is 5.41. The van der Waals surface area contributed by atoms with Crippen LogP contribution in [0, 0.1) is 0 Å². The first-order valence-electron chi connectivity index (χ1n) is 7.38. The zero-order chi connectivity index (χ0) is 16.8. The van der Waals surface area contributed by atoms with Crippen LogP contribution in [-0.4, -0.2) is 24.2 Å². The van der Waals surface area contributed by atoms with Crippen molar-refractivity contribution in [1.82, 2.24) is 0 Å². The lowest BCUT2D eigenvalue weighted by molar-refractivity contribution is -0.145. The molecule has 0 fully saturated rings. The van der Waals surface area contributed by atoms with Crippen LogP contribution in [0.4, 0.5) is 0 Å². The summed E-state index contributed by atoms with van der Waals surface area (Å²) in [6.07, 6.45) is -0.431. The molecule has 2 aromatic carbocycles. The van der Waals surface area contributed by atoms with Crippen molar-refractivity contribution < 1.29 is 19.4 Å². The minimum absolute atomic E-state index is 0.000592. The lowest BCUT2D eigenvalue weighted by Gasteiger charge is -2.18. The highest BCUT2D eigenvalue weighted by Crippen LogP contribution is 2.32. The number of nitrogens with two attached hydrogens (primary N) is 1. The number of carbonyl (C=O) groups is 1. The van der Waals surface area contributed by atoms with Gasteiger partial charge in [0.25, 0.3) is 0 Å². The van der Waals surface area contributed by atoms with Crippen LogP contribution >= 0.6 is 0 Å². The van der Waals surface area contributed by atoms with Crippen LogP contribution in [-0.2, 0) is 11.2 Å². The molecular formula is C18H21NO4. The largest absolute Gasteiger partial charge is 0.493 e. The molecule has 23 heavy (non-hydrogen) atoms. The average molecular weight is 315 g/mol. The fraction of sp³-hybridized carbons (Fsp3) is 0.278. The molecule has 0 aliphatic carbocycles. The number of carboxylic acids is 1. The number of hydrogen-bond acceptors (Lipinski definition) is 4. The van der Waals surface area contributed by atoms with Crippen molar-refractivity contribution >= 4 is 5.97 Å². The highest BCUT2D eigenvalue weighted by Gasteiger charge is 2.23. The Kier molecular flexibility index (Phi) is 5.60. The summed E-state index contributed by atoms with van der Waals surface area (Å²) in [6, 6.07) is 14.3. The molecule has 0 aromatic heterocycles. The SMILES string of the molecule is COc1ccc(CC(C)N)cc1OC(C(=O)O)c1ccccc1. The molecule has 0 bridgehead atoms. The molecular weight excluding hydrogens is 294 g/mol. The zero-order valence-corrected chi connectivity index (χ0v) is 13.2. The molecule has 0 spiro atoms. The van der Waals surface area contributed by atoms with Gasteiger partial charge in [0.2, 0.25) is 6.10 Å². The smallest absolute Gasteiger partial charge is 0.349 e. The number of carboxylic acid groups (broad SMARTS) is 1. The minimum atomic E-state index is -1.10. The second-order valence-electron chi connectivity index (χ2n) is 5.41. The number of hydrogen-bond donors (Lipinski definition) is 2. The maximum Gasteiger partial charge on any atom is 0.349 e. The number of methoxy groups -OCH3 is 1. The molecule has 2 aromatic rings. The van der Waals surface area contributed by atoms with Gasteiger partial charge >= 0.3 is 5.97 Å². The second kappa shape index (κ2) is 7.65. The zero-order valence-electron chi connectivity index (χ0n) is 13.2. The van der Waals surface area contributed by atoms with Crippen molar-refractivity contribution in [1.29, 1.82) is 0 Å². The van der Waals surface area contributed by atoms with E-state index in [1.807, 2.05) is 19.1 Å². The average Bonchev–Trinajstić information content (AvgIpc) is 2.52. The number of rotatable bonds is 7. The molecule has 3 N–H and O–H groups in total. The molecule has 0 amide bonds. The van der Waals surface area contributed by atoms with Crippen molar-refractivity contribution in [3.63, 3.8) is 0 Å². The molecule has 2 rings (SSSR count). The van der Waals surface area contributed by atoms with Crippen molar-refractivity contribution in [3.8, 4) is 11.5 Å². The number of benzene rings is 2. The van der Waals surface area contributed by atoms with Gasteiger partial charge in [-0.25, -0.2) is 4.79 Å². The van der Waals surface area contributed by atoms with Crippen LogP contribution in [0.3, 0.4) is 0 Å². The van der Waals surface area contributed by atoms with Crippen molar-refractivity contribution in [2.24, 2.45) is 5.73 Å². The monoisotopic (exact) mass is 315 g/mol. The third kappa shape index (κ3) is 4.47. The topological polar surface area (TPSA) is 81.8 Å². The lowest BCUT2D eigenvalue weighted by atomic mass is 10.1. The molecule has 0 heterocycles. The molecule has 5 heteroatoms. The highest BCUT2D eigenvalue weighted by molar-refractivity contribution is 5.75. The summed E-state index contributed by atoms with van der Waals surface area (Å²) in [5.41, 5.74) is 7.35. The first-order chi connectivity index (χ1) is 11.0. The van der Waals surface area contributed by atoms with Crippen LogP contribution in [0.5, 0.6) is 11.5 Å². The van der Waals surface area contributed by atoms with Gasteiger partial charge in [-0.2, -0.15) is 0 Å². The van der Waals surface area contributed by atoms with E-state index in [2.05, 4.69) is 0 Å². The third-order valence-corrected chi connectivity index (χ3v) is 3.36. The molecule has 5 nitrogen and oxygen atoms in total. The Balaban J connectivity index is 2.33. The molecule has 0 radical (unpaired) electrons. The number of aliphatic carboxylic acids is 1. The quantitative estimate of drug-likeness (QED) is 0.821. The van der Waals surface area contributed by atoms with Crippen LogP contribution < -0.4 is 15.2 Å². The molecule has 2 atom stereocenters. The third-order valence-electron chi connectivity index (χ3n) is 3.36. The Morgan fingerprint density at radius 1 is 1.17 bits per heavy atom. The first kappa shape index (κ1) is 16.8. The Labute approximate surface area is 135 Å². The predicted molar refractivity (Wildman–Crippen MR) is 87.8 cm³/mol. The molecule has 0 saturated heterocycles. The predicted octanol–water partition coefficient (Wildman–Crippen LogP) is 2.79. The van der Waals surface area contributed by atoms with Gasteiger partial charge < -0.3 is 20.3 Å². The van der Waals surface area contributed by atoms with Crippen molar-refractivity contribution in [2.45, 2.75) is 25.5 Å². The van der Waals surface area contributed by atoms with E-state index in [9.17, 15) is 9.90 Å². The summed E-state index contributed by atoms with van der Waals surface area (Å²) in [4.78, 5) is 11.6. The van der Waals surface area contributed by atoms with E-state index in [4.69, 9.17) is 15.2 Å². The van der Waals surface area contributed by atoms with Gasteiger partial charge in [-0.15, -0.1) is 0 Å². The Morgan fingerprint density at radius 2 is 1.87 bits per heavy atom. The van der Waals surface area contributed by atoms with Gasteiger partial charge in [-0.3, -0.25) is 0 Å². The number of ether oxygens (including phenoxy) is 2. The van der Waals surface area contributed by atoms with Crippen molar-refractivity contribution in [2.75, 3.05) is 7.11 Å². The summed E-state index contributed by atoms with van der Waals surface area (Å²) in [6.45, 7) is 1.91. The van der Waals surface area contributed by atoms with Gasteiger partial charge in [0.15, 0.2) is 11.5 Å². The molecule has 0 saturated carbocycles. The van der Waals surface area contributed by atoms with E-state index < -0.39 is 12.1 Å². The van der Waals surface area contributed by atoms with Gasteiger partial charge in [-0.05, 0) is 31.0 Å². The van der Waals surface area contributed by atoms with E-state index in [0.717, 1.165) is 5.56 Å². The fourth-order valence-corrected chi connectivity index (χ4v) is 2.33. The first-order valence-corrected chi connectivity index (χ1v) is 7.38. The maximum absolute atomic E-state index is 11.6. The van der Waals surface area contributed by atoms with Gasteiger partial charge in [-0.1, -0.05) is 36.4 Å². The van der Waals surface area contributed by atoms with E-state index >= 15 is 0 Å². The van der Waals surface area contributed by atoms with Crippen molar-refractivity contribution in [3.05, 3.63) is 59.7 Å². The van der Waals surface area contributed by atoms with E-state index in [0.29, 0.717) is 23.5 Å². The Morgan fingerprint density at radius 3 is 2.43 bits per heavy atom. The molecule has 122 valence electrons. The molecule has 0 aliphatic heterocycles. The maximum atomic E-state index is 11.6. The normalized spacial score (nSPS) is 13.2. The van der Waals surface area contributed by atoms with Crippen LogP contribution in [0.15, 0.2) is 48.5 Å². The highest BCUT2D eigenvalue weighted by atomic mass is 16.5. The van der Waals surface area contributed by atoms with Crippen LogP contribution in [0.1, 0.15) is 24.2 Å². The van der Waals surface area contributed by atoms with Crippen LogP contribution in [0.25, 0.3) is 0 Å². The summed E-state index contributed by atoms with van der Waals surface area (Å²) in [7, 11) is 1.52. The summed E-state index contributed by atoms with van der Waals surface area (Å²) < 4.78 is 11.0. The fourth-order valence-electron chi connectivity index (χ4n) is 2.33. The molecule has 2 unspecified atom stereocenters. The van der Waals surface area contributed by atoms with Gasteiger partial charge in [0.05, 0.1) is 7.11 Å². The van der Waals surface area contributed by atoms with Crippen LogP contribution in [0.2, 0.25) is 0 Å². The van der Waals surface area contributed by atoms with E-state index in [1.54, 1.807) is 36.4 Å². The summed E-state index contributed by atoms with van der Waals surface area (Å²) in [5.74, 6) is -0.182.